The third kappa shape index (κ3) is 1.89. The Morgan fingerprint density at radius 2 is 1.94 bits per heavy atom. The Morgan fingerprint density at radius 1 is 1.12 bits per heavy atom. The maximum absolute atomic E-state index is 13.4. The Morgan fingerprint density at radius 3 is 2.69 bits per heavy atom. The van der Waals surface area contributed by atoms with Crippen molar-refractivity contribution >= 4 is 0 Å². The summed E-state index contributed by atoms with van der Waals surface area (Å²) in [6.45, 7) is 0. The van der Waals surface area contributed by atoms with Crippen LogP contribution in [0.25, 0.3) is 11.1 Å². The lowest BCUT2D eigenvalue weighted by molar-refractivity contribution is 0.603. The molecule has 0 aliphatic rings. The summed E-state index contributed by atoms with van der Waals surface area (Å²) in [7, 11) is 0. The van der Waals surface area contributed by atoms with Gasteiger partial charge in [-0.1, -0.05) is 0 Å². The van der Waals surface area contributed by atoms with Crippen molar-refractivity contribution in [3.05, 3.63) is 53.9 Å². The van der Waals surface area contributed by atoms with Crippen LogP contribution in [0.5, 0.6) is 0 Å². The molecule has 0 amide bonds. The van der Waals surface area contributed by atoms with E-state index in [-0.39, 0.29) is 5.56 Å². The van der Waals surface area contributed by atoms with Gasteiger partial charge in [0.25, 0.3) is 0 Å². The van der Waals surface area contributed by atoms with Gasteiger partial charge in [-0.3, -0.25) is 4.98 Å². The van der Waals surface area contributed by atoms with Gasteiger partial charge in [0.1, 0.15) is 17.7 Å². The van der Waals surface area contributed by atoms with E-state index in [9.17, 15) is 8.78 Å². The molecule has 0 unspecified atom stereocenters. The third-order valence-corrected chi connectivity index (χ3v) is 2.11. The number of hydrogen-bond acceptors (Lipinski definition) is 2. The van der Waals surface area contributed by atoms with Gasteiger partial charge in [0.05, 0.1) is 5.56 Å². The molecular formula is C12H6F2N2. The third-order valence-electron chi connectivity index (χ3n) is 2.11. The second kappa shape index (κ2) is 4.07. The van der Waals surface area contributed by atoms with E-state index in [1.165, 1.54) is 18.5 Å². The number of rotatable bonds is 1. The fourth-order valence-corrected chi connectivity index (χ4v) is 1.37. The first-order valence-corrected chi connectivity index (χ1v) is 4.51. The predicted molar refractivity (Wildman–Crippen MR) is 54.3 cm³/mol. The average Bonchev–Trinajstić information content (AvgIpc) is 2.32. The molecule has 0 bridgehead atoms. The molecule has 0 radical (unpaired) electrons. The molecular weight excluding hydrogens is 210 g/mol. The van der Waals surface area contributed by atoms with Crippen molar-refractivity contribution in [2.45, 2.75) is 0 Å². The largest absolute Gasteiger partial charge is 0.263 e. The zero-order valence-corrected chi connectivity index (χ0v) is 8.11. The van der Waals surface area contributed by atoms with Gasteiger partial charge >= 0.3 is 0 Å². The molecule has 0 spiro atoms. The summed E-state index contributed by atoms with van der Waals surface area (Å²) in [5.74, 6) is -1.07. The van der Waals surface area contributed by atoms with Crippen molar-refractivity contribution in [2.24, 2.45) is 0 Å². The summed E-state index contributed by atoms with van der Waals surface area (Å²) >= 11 is 0. The van der Waals surface area contributed by atoms with Gasteiger partial charge in [-0.05, 0) is 24.3 Å². The number of hydrogen-bond donors (Lipinski definition) is 0. The Bertz CT molecular complexity index is 573. The normalized spacial score (nSPS) is 9.81. The first kappa shape index (κ1) is 10.2. The summed E-state index contributed by atoms with van der Waals surface area (Å²) in [5.41, 5.74) is 0.793. The molecule has 0 aliphatic heterocycles. The van der Waals surface area contributed by atoms with E-state index in [1.807, 2.05) is 6.07 Å². The lowest BCUT2D eigenvalue weighted by atomic mass is 10.1. The van der Waals surface area contributed by atoms with E-state index in [2.05, 4.69) is 4.98 Å². The summed E-state index contributed by atoms with van der Waals surface area (Å²) in [6.07, 6.45) is 2.75. The second-order valence-electron chi connectivity index (χ2n) is 3.20. The van der Waals surface area contributed by atoms with E-state index < -0.39 is 11.6 Å². The molecule has 0 fully saturated rings. The van der Waals surface area contributed by atoms with Crippen LogP contribution >= 0.6 is 0 Å². The van der Waals surface area contributed by atoms with Gasteiger partial charge in [-0.2, -0.15) is 5.26 Å². The smallest absolute Gasteiger partial charge is 0.131 e. The molecule has 1 aromatic heterocycles. The lowest BCUT2D eigenvalue weighted by Crippen LogP contribution is -1.88. The molecule has 2 aromatic rings. The molecule has 2 nitrogen and oxygen atoms in total. The average molecular weight is 216 g/mol. The quantitative estimate of drug-likeness (QED) is 0.734. The summed E-state index contributed by atoms with van der Waals surface area (Å²) in [4.78, 5) is 3.79. The van der Waals surface area contributed by atoms with Crippen LogP contribution in [0.15, 0.2) is 36.7 Å². The van der Waals surface area contributed by atoms with Gasteiger partial charge in [-0.15, -0.1) is 0 Å². The van der Waals surface area contributed by atoms with E-state index in [1.54, 1.807) is 0 Å². The first-order chi connectivity index (χ1) is 7.70. The highest BCUT2D eigenvalue weighted by atomic mass is 19.1. The fourth-order valence-electron chi connectivity index (χ4n) is 1.37. The van der Waals surface area contributed by atoms with Gasteiger partial charge in [-0.25, -0.2) is 8.78 Å². The number of nitriles is 1. The topological polar surface area (TPSA) is 36.7 Å². The minimum atomic E-state index is -0.543. The van der Waals surface area contributed by atoms with Gasteiger partial charge in [0.2, 0.25) is 0 Å². The van der Waals surface area contributed by atoms with Crippen LogP contribution < -0.4 is 0 Å². The SMILES string of the molecule is N#Cc1cncc(-c2cc(F)ccc2F)c1. The Labute approximate surface area is 90.8 Å². The van der Waals surface area contributed by atoms with Crippen LogP contribution in [0.3, 0.4) is 0 Å². The zero-order valence-electron chi connectivity index (χ0n) is 8.11. The van der Waals surface area contributed by atoms with E-state index >= 15 is 0 Å². The molecule has 1 aromatic carbocycles. The van der Waals surface area contributed by atoms with E-state index in [4.69, 9.17) is 5.26 Å². The molecule has 78 valence electrons. The molecule has 4 heteroatoms. The molecule has 0 saturated heterocycles. The standard InChI is InChI=1S/C12H6F2N2/c13-10-1-2-12(14)11(4-10)9-3-8(5-15)6-16-7-9/h1-4,6-7H. The Hall–Kier alpha value is -2.28. The maximum atomic E-state index is 13.4. The fraction of sp³-hybridized carbons (Fsp3) is 0. The lowest BCUT2D eigenvalue weighted by Gasteiger charge is -2.03. The molecule has 2 rings (SSSR count). The van der Waals surface area contributed by atoms with Crippen molar-refractivity contribution in [3.63, 3.8) is 0 Å². The number of nitrogens with zero attached hydrogens (tertiary/aromatic N) is 2. The van der Waals surface area contributed by atoms with Gasteiger partial charge < -0.3 is 0 Å². The van der Waals surface area contributed by atoms with Crippen LogP contribution in [-0.2, 0) is 0 Å². The highest BCUT2D eigenvalue weighted by Crippen LogP contribution is 2.23. The molecule has 0 aliphatic carbocycles. The van der Waals surface area contributed by atoms with Crippen molar-refractivity contribution in [3.8, 4) is 17.2 Å². The summed E-state index contributed by atoms with van der Waals surface area (Å²) < 4.78 is 26.4. The monoisotopic (exact) mass is 216 g/mol. The minimum absolute atomic E-state index is 0.101. The van der Waals surface area contributed by atoms with E-state index in [0.717, 1.165) is 18.2 Å². The highest BCUT2D eigenvalue weighted by molar-refractivity contribution is 5.64. The van der Waals surface area contributed by atoms with Crippen molar-refractivity contribution in [1.29, 1.82) is 5.26 Å². The highest BCUT2D eigenvalue weighted by Gasteiger charge is 2.07. The van der Waals surface area contributed by atoms with Crippen molar-refractivity contribution in [1.82, 2.24) is 4.98 Å². The summed E-state index contributed by atoms with van der Waals surface area (Å²) in [6, 6.07) is 6.52. The van der Waals surface area contributed by atoms with Gasteiger partial charge in [0, 0.05) is 23.5 Å². The molecule has 0 N–H and O–H groups in total. The number of halogens is 2. The minimum Gasteiger partial charge on any atom is -0.263 e. The Kier molecular flexibility index (Phi) is 2.61. The maximum Gasteiger partial charge on any atom is 0.131 e. The van der Waals surface area contributed by atoms with Gasteiger partial charge in [0.15, 0.2) is 0 Å². The second-order valence-corrected chi connectivity index (χ2v) is 3.20. The first-order valence-electron chi connectivity index (χ1n) is 4.51. The molecule has 16 heavy (non-hydrogen) atoms. The number of aromatic nitrogens is 1. The predicted octanol–water partition coefficient (Wildman–Crippen LogP) is 2.90. The van der Waals surface area contributed by atoms with E-state index in [0.29, 0.717) is 11.1 Å². The van der Waals surface area contributed by atoms with Crippen molar-refractivity contribution in [2.75, 3.05) is 0 Å². The molecule has 0 atom stereocenters. The number of benzene rings is 1. The van der Waals surface area contributed by atoms with Crippen molar-refractivity contribution < 1.29 is 8.78 Å². The van der Waals surface area contributed by atoms with Crippen LogP contribution in [0.1, 0.15) is 5.56 Å². The Balaban J connectivity index is 2.58. The van der Waals surface area contributed by atoms with Crippen LogP contribution in [0.4, 0.5) is 8.78 Å². The van der Waals surface area contributed by atoms with Crippen LogP contribution in [0.2, 0.25) is 0 Å². The van der Waals surface area contributed by atoms with Crippen LogP contribution in [0, 0.1) is 23.0 Å². The number of pyridine rings is 1. The molecule has 0 saturated carbocycles. The zero-order chi connectivity index (χ0) is 11.5. The summed E-state index contributed by atoms with van der Waals surface area (Å²) in [5, 5.41) is 8.68. The molecule has 1 heterocycles. The van der Waals surface area contributed by atoms with Crippen LogP contribution in [-0.4, -0.2) is 4.98 Å².